The smallest absolute Gasteiger partial charge is 0.271 e. The highest BCUT2D eigenvalue weighted by Gasteiger charge is 2.48. The van der Waals surface area contributed by atoms with E-state index >= 15 is 0 Å². The number of hydrogen-bond donors (Lipinski definition) is 1. The zero-order valence-electron chi connectivity index (χ0n) is 20.1. The second kappa shape index (κ2) is 9.13. The molecule has 0 spiro atoms. The molecule has 176 valence electrons. The van der Waals surface area contributed by atoms with Gasteiger partial charge < -0.3 is 14.8 Å². The molecule has 1 atom stereocenters. The highest BCUT2D eigenvalue weighted by Crippen LogP contribution is 2.35. The highest BCUT2D eigenvalue weighted by atomic mass is 16.2. The molecule has 2 heterocycles. The van der Waals surface area contributed by atoms with Crippen molar-refractivity contribution in [1.82, 2.24) is 14.8 Å². The Labute approximate surface area is 201 Å². The van der Waals surface area contributed by atoms with Crippen LogP contribution in [0.1, 0.15) is 60.6 Å². The van der Waals surface area contributed by atoms with Gasteiger partial charge in [-0.2, -0.15) is 0 Å². The van der Waals surface area contributed by atoms with E-state index in [1.54, 1.807) is 4.90 Å². The van der Waals surface area contributed by atoms with Crippen LogP contribution in [-0.2, 0) is 17.9 Å². The van der Waals surface area contributed by atoms with Crippen LogP contribution < -0.4 is 5.32 Å². The lowest BCUT2D eigenvalue weighted by Gasteiger charge is -2.45. The van der Waals surface area contributed by atoms with Crippen LogP contribution in [0.3, 0.4) is 0 Å². The summed E-state index contributed by atoms with van der Waals surface area (Å²) in [5.41, 5.74) is 3.84. The Morgan fingerprint density at radius 3 is 2.35 bits per heavy atom. The molecule has 0 saturated heterocycles. The van der Waals surface area contributed by atoms with Crippen molar-refractivity contribution in [2.75, 3.05) is 0 Å². The predicted octanol–water partition coefficient (Wildman–Crippen LogP) is 5.33. The summed E-state index contributed by atoms with van der Waals surface area (Å²) in [5, 5.41) is 3.32. The first-order chi connectivity index (χ1) is 16.5. The molecule has 1 N–H and O–H groups in total. The van der Waals surface area contributed by atoms with Gasteiger partial charge in [-0.1, -0.05) is 73.9 Å². The molecule has 1 fully saturated rings. The van der Waals surface area contributed by atoms with Crippen molar-refractivity contribution in [1.29, 1.82) is 0 Å². The van der Waals surface area contributed by atoms with E-state index < -0.39 is 5.54 Å². The van der Waals surface area contributed by atoms with E-state index in [0.717, 1.165) is 48.1 Å². The van der Waals surface area contributed by atoms with Crippen LogP contribution in [0.2, 0.25) is 0 Å². The fraction of sp³-hybridized carbons (Fsp3) is 0.379. The van der Waals surface area contributed by atoms with Gasteiger partial charge >= 0.3 is 0 Å². The van der Waals surface area contributed by atoms with Gasteiger partial charge in [-0.25, -0.2) is 0 Å². The molecule has 0 bridgehead atoms. The zero-order chi connectivity index (χ0) is 23.7. The van der Waals surface area contributed by atoms with Crippen LogP contribution >= 0.6 is 0 Å². The van der Waals surface area contributed by atoms with Crippen LogP contribution in [0, 0.1) is 6.92 Å². The van der Waals surface area contributed by atoms with Crippen LogP contribution in [-0.4, -0.2) is 32.9 Å². The van der Waals surface area contributed by atoms with Gasteiger partial charge in [0.25, 0.3) is 5.91 Å². The number of benzene rings is 2. The van der Waals surface area contributed by atoms with Gasteiger partial charge in [0.15, 0.2) is 0 Å². The summed E-state index contributed by atoms with van der Waals surface area (Å²) in [5.74, 6) is -0.155. The number of fused-ring (bicyclic) bond motifs is 1. The van der Waals surface area contributed by atoms with E-state index in [-0.39, 0.29) is 17.9 Å². The third-order valence-corrected chi connectivity index (χ3v) is 7.60. The van der Waals surface area contributed by atoms with Crippen LogP contribution in [0.25, 0.3) is 11.3 Å². The Balaban J connectivity index is 1.55. The lowest BCUT2D eigenvalue weighted by atomic mass is 9.90. The molecule has 2 amide bonds. The van der Waals surface area contributed by atoms with E-state index in [2.05, 4.69) is 18.3 Å². The largest absolute Gasteiger partial charge is 0.351 e. The Morgan fingerprint density at radius 2 is 1.62 bits per heavy atom. The van der Waals surface area contributed by atoms with Gasteiger partial charge in [0.2, 0.25) is 5.91 Å². The Bertz CT molecular complexity index is 1190. The van der Waals surface area contributed by atoms with Crippen LogP contribution in [0.4, 0.5) is 0 Å². The molecular weight excluding hydrogens is 422 g/mol. The third-order valence-electron chi connectivity index (χ3n) is 7.60. The van der Waals surface area contributed by atoms with E-state index in [4.69, 9.17) is 0 Å². The molecule has 34 heavy (non-hydrogen) atoms. The van der Waals surface area contributed by atoms with Gasteiger partial charge in [0.1, 0.15) is 11.2 Å². The summed E-state index contributed by atoms with van der Waals surface area (Å²) >= 11 is 0. The maximum absolute atomic E-state index is 13.9. The standard InChI is InChI=1S/C29H33N3O2/c1-21-11-9-10-14-23(21)19-32-27(33)26-18-17-25(22-12-5-3-6-13-22)31(26)20-29(32,2)28(34)30-24-15-7-4-8-16-24/h3,5-6,9-14,17-18,24H,4,7-8,15-16,19-20H2,1-2H3,(H,30,34). The minimum atomic E-state index is -0.994. The first kappa shape index (κ1) is 22.5. The minimum absolute atomic E-state index is 0.0558. The number of carbonyl (C=O) groups is 2. The topological polar surface area (TPSA) is 54.3 Å². The second-order valence-corrected chi connectivity index (χ2v) is 9.96. The molecule has 1 unspecified atom stereocenters. The van der Waals surface area contributed by atoms with Crippen molar-refractivity contribution < 1.29 is 9.59 Å². The number of amides is 2. The summed E-state index contributed by atoms with van der Waals surface area (Å²) < 4.78 is 2.03. The van der Waals surface area contributed by atoms with Crippen molar-refractivity contribution in [3.8, 4) is 11.3 Å². The summed E-state index contributed by atoms with van der Waals surface area (Å²) in [6, 6.07) is 22.3. The number of aromatic nitrogens is 1. The zero-order valence-corrected chi connectivity index (χ0v) is 20.1. The Kier molecular flexibility index (Phi) is 6.03. The van der Waals surface area contributed by atoms with Crippen molar-refractivity contribution in [2.24, 2.45) is 0 Å². The van der Waals surface area contributed by atoms with Gasteiger partial charge in [-0.3, -0.25) is 9.59 Å². The van der Waals surface area contributed by atoms with E-state index in [1.807, 2.05) is 72.2 Å². The predicted molar refractivity (Wildman–Crippen MR) is 134 cm³/mol. The molecule has 1 aliphatic carbocycles. The Hall–Kier alpha value is -3.34. The van der Waals surface area contributed by atoms with Crippen molar-refractivity contribution in [2.45, 2.75) is 70.6 Å². The van der Waals surface area contributed by atoms with E-state index in [1.165, 1.54) is 6.42 Å². The van der Waals surface area contributed by atoms with Gasteiger partial charge in [-0.05, 0) is 55.5 Å². The SMILES string of the molecule is Cc1ccccc1CN1C(=O)c2ccc(-c3ccccc3)n2CC1(C)C(=O)NC1CCCCC1. The summed E-state index contributed by atoms with van der Waals surface area (Å²) in [4.78, 5) is 29.6. The molecule has 3 aromatic rings. The minimum Gasteiger partial charge on any atom is -0.351 e. The number of aryl methyl sites for hydroxylation is 1. The molecule has 5 nitrogen and oxygen atoms in total. The molecule has 0 radical (unpaired) electrons. The van der Waals surface area contributed by atoms with Gasteiger partial charge in [-0.15, -0.1) is 0 Å². The molecule has 1 saturated carbocycles. The van der Waals surface area contributed by atoms with Crippen molar-refractivity contribution in [3.63, 3.8) is 0 Å². The molecule has 2 aromatic carbocycles. The number of hydrogen-bond acceptors (Lipinski definition) is 2. The first-order valence-corrected chi connectivity index (χ1v) is 12.4. The maximum Gasteiger partial charge on any atom is 0.271 e. The second-order valence-electron chi connectivity index (χ2n) is 9.96. The van der Waals surface area contributed by atoms with Crippen LogP contribution in [0.15, 0.2) is 66.7 Å². The lowest BCUT2D eigenvalue weighted by molar-refractivity contribution is -0.134. The first-order valence-electron chi connectivity index (χ1n) is 12.4. The fourth-order valence-electron chi connectivity index (χ4n) is 5.43. The number of nitrogens with one attached hydrogen (secondary N) is 1. The van der Waals surface area contributed by atoms with Crippen LogP contribution in [0.5, 0.6) is 0 Å². The maximum atomic E-state index is 13.9. The molecule has 1 aromatic heterocycles. The lowest BCUT2D eigenvalue weighted by Crippen LogP contribution is -2.64. The number of rotatable bonds is 5. The summed E-state index contributed by atoms with van der Waals surface area (Å²) in [6.45, 7) is 4.82. The number of nitrogens with zero attached hydrogens (tertiary/aromatic N) is 2. The average molecular weight is 456 g/mol. The molecule has 2 aliphatic rings. The third kappa shape index (κ3) is 4.04. The monoisotopic (exact) mass is 455 g/mol. The van der Waals surface area contributed by atoms with E-state index in [0.29, 0.717) is 18.8 Å². The van der Waals surface area contributed by atoms with E-state index in [9.17, 15) is 9.59 Å². The molecule has 5 rings (SSSR count). The quantitative estimate of drug-likeness (QED) is 0.566. The highest BCUT2D eigenvalue weighted by molar-refractivity contribution is 6.00. The van der Waals surface area contributed by atoms with Gasteiger partial charge in [0, 0.05) is 18.3 Å². The van der Waals surface area contributed by atoms with Crippen molar-refractivity contribution >= 4 is 11.8 Å². The fourth-order valence-corrected chi connectivity index (χ4v) is 5.43. The van der Waals surface area contributed by atoms with Crippen molar-refractivity contribution in [3.05, 3.63) is 83.6 Å². The van der Waals surface area contributed by atoms with Gasteiger partial charge in [0.05, 0.1) is 6.54 Å². The summed E-state index contributed by atoms with van der Waals surface area (Å²) in [6.07, 6.45) is 5.55. The molecule has 5 heteroatoms. The number of carbonyl (C=O) groups excluding carboxylic acids is 2. The Morgan fingerprint density at radius 1 is 0.941 bits per heavy atom. The molecule has 1 aliphatic heterocycles. The summed E-state index contributed by atoms with van der Waals surface area (Å²) in [7, 11) is 0. The molecular formula is C29H33N3O2. The average Bonchev–Trinajstić information content (AvgIpc) is 3.27. The normalized spacial score (nSPS) is 20.8.